The molecule has 0 spiro atoms. The fourth-order valence-corrected chi connectivity index (χ4v) is 4.57. The van der Waals surface area contributed by atoms with Crippen LogP contribution in [0.2, 0.25) is 0 Å². The fraction of sp³-hybridized carbons (Fsp3) is 0.480. The van der Waals surface area contributed by atoms with Crippen molar-refractivity contribution in [3.63, 3.8) is 0 Å². The Morgan fingerprint density at radius 2 is 1.67 bits per heavy atom. The summed E-state index contributed by atoms with van der Waals surface area (Å²) >= 11 is 0. The van der Waals surface area contributed by atoms with Crippen molar-refractivity contribution in [2.45, 2.75) is 71.1 Å². The highest BCUT2D eigenvalue weighted by molar-refractivity contribution is 5.96. The summed E-state index contributed by atoms with van der Waals surface area (Å²) < 4.78 is 0. The van der Waals surface area contributed by atoms with Gasteiger partial charge >= 0.3 is 5.97 Å². The lowest BCUT2D eigenvalue weighted by Gasteiger charge is -2.29. The maximum atomic E-state index is 11.8. The Morgan fingerprint density at radius 1 is 0.963 bits per heavy atom. The lowest BCUT2D eigenvalue weighted by atomic mass is 9.76. The highest BCUT2D eigenvalue weighted by Crippen LogP contribution is 2.39. The molecule has 0 aromatic heterocycles. The summed E-state index contributed by atoms with van der Waals surface area (Å²) in [4.78, 5) is 11.8. The van der Waals surface area contributed by atoms with E-state index in [1.54, 1.807) is 0 Å². The van der Waals surface area contributed by atoms with Crippen molar-refractivity contribution in [2.75, 3.05) is 0 Å². The molecule has 0 radical (unpaired) electrons. The third kappa shape index (κ3) is 4.80. The summed E-state index contributed by atoms with van der Waals surface area (Å²) in [7, 11) is 0. The van der Waals surface area contributed by atoms with Crippen molar-refractivity contribution in [1.82, 2.24) is 0 Å². The first-order chi connectivity index (χ1) is 13.1. The van der Waals surface area contributed by atoms with Gasteiger partial charge in [-0.1, -0.05) is 69.5 Å². The number of benzene rings is 2. The normalized spacial score (nSPS) is 19.8. The number of aryl methyl sites for hydroxylation is 1. The van der Waals surface area contributed by atoms with Crippen LogP contribution in [0.3, 0.4) is 0 Å². The zero-order valence-corrected chi connectivity index (χ0v) is 16.7. The average molecular weight is 365 g/mol. The van der Waals surface area contributed by atoms with Crippen LogP contribution < -0.4 is 0 Å². The first-order valence-corrected chi connectivity index (χ1v) is 10.6. The summed E-state index contributed by atoms with van der Waals surface area (Å²) in [5.41, 5.74) is 4.89. The van der Waals surface area contributed by atoms with Crippen LogP contribution in [0.25, 0.3) is 11.1 Å². The molecule has 2 aromatic carbocycles. The highest BCUT2D eigenvalue weighted by atomic mass is 16.4. The standard InChI is InChI=1S/C25H32O2/c1-3-5-18-7-11-20(12-8-18)22-15-16-23(25(26)27)24(17-22)21-13-9-19(6-4-2)10-14-21/h9-10,13-18,20H,3-8,11-12H2,1-2H3,(H,26,27)/t18-,20-. The van der Waals surface area contributed by atoms with Crippen LogP contribution in [0.1, 0.15) is 86.2 Å². The Hall–Kier alpha value is -2.09. The van der Waals surface area contributed by atoms with E-state index in [0.29, 0.717) is 11.5 Å². The second kappa shape index (κ2) is 9.21. The number of carboxylic acid groups (broad SMARTS) is 1. The maximum Gasteiger partial charge on any atom is 0.336 e. The number of aromatic carboxylic acids is 1. The molecule has 1 aliphatic carbocycles. The molecule has 2 aromatic rings. The number of hydrogen-bond donors (Lipinski definition) is 1. The Morgan fingerprint density at radius 3 is 2.26 bits per heavy atom. The SMILES string of the molecule is CCCc1ccc(-c2cc([C@H]3CC[C@H](CCC)CC3)ccc2C(=O)O)cc1. The van der Waals surface area contributed by atoms with Gasteiger partial charge in [0, 0.05) is 0 Å². The topological polar surface area (TPSA) is 37.3 Å². The summed E-state index contributed by atoms with van der Waals surface area (Å²) in [6.07, 6.45) is 9.88. The molecule has 0 aliphatic heterocycles. The molecule has 2 nitrogen and oxygen atoms in total. The summed E-state index contributed by atoms with van der Waals surface area (Å²) in [5, 5.41) is 9.66. The van der Waals surface area contributed by atoms with Crippen LogP contribution in [0.5, 0.6) is 0 Å². The molecule has 0 amide bonds. The van der Waals surface area contributed by atoms with E-state index in [1.807, 2.05) is 12.1 Å². The van der Waals surface area contributed by atoms with Crippen molar-refractivity contribution in [3.05, 3.63) is 59.2 Å². The minimum Gasteiger partial charge on any atom is -0.478 e. The first kappa shape index (κ1) is 19.7. The van der Waals surface area contributed by atoms with Crippen LogP contribution in [0.4, 0.5) is 0 Å². The summed E-state index contributed by atoms with van der Waals surface area (Å²) in [5.74, 6) is 0.607. The zero-order chi connectivity index (χ0) is 19.2. The largest absolute Gasteiger partial charge is 0.478 e. The van der Waals surface area contributed by atoms with Crippen LogP contribution in [-0.2, 0) is 6.42 Å². The van der Waals surface area contributed by atoms with Gasteiger partial charge in [0.1, 0.15) is 0 Å². The van der Waals surface area contributed by atoms with Crippen LogP contribution >= 0.6 is 0 Å². The Balaban J connectivity index is 1.86. The third-order valence-electron chi connectivity index (χ3n) is 6.09. The molecule has 27 heavy (non-hydrogen) atoms. The predicted molar refractivity (Wildman–Crippen MR) is 112 cm³/mol. The van der Waals surface area contributed by atoms with Gasteiger partial charge in [-0.25, -0.2) is 4.79 Å². The molecule has 1 N–H and O–H groups in total. The average Bonchev–Trinajstić information content (AvgIpc) is 2.69. The molecule has 0 heterocycles. The van der Waals surface area contributed by atoms with Crippen LogP contribution in [0.15, 0.2) is 42.5 Å². The van der Waals surface area contributed by atoms with Gasteiger partial charge in [-0.3, -0.25) is 0 Å². The predicted octanol–water partition coefficient (Wildman–Crippen LogP) is 7.08. The molecular formula is C25H32O2. The molecule has 0 bridgehead atoms. The third-order valence-corrected chi connectivity index (χ3v) is 6.09. The smallest absolute Gasteiger partial charge is 0.336 e. The van der Waals surface area contributed by atoms with Gasteiger partial charge in [-0.15, -0.1) is 0 Å². The van der Waals surface area contributed by atoms with Gasteiger partial charge in [0.05, 0.1) is 5.56 Å². The summed E-state index contributed by atoms with van der Waals surface area (Å²) in [6.45, 7) is 4.45. The molecule has 3 rings (SSSR count). The molecule has 0 unspecified atom stereocenters. The van der Waals surface area contributed by atoms with E-state index >= 15 is 0 Å². The Labute approximate surface area is 163 Å². The van der Waals surface area contributed by atoms with E-state index in [9.17, 15) is 9.90 Å². The minimum absolute atomic E-state index is 0.404. The van der Waals surface area contributed by atoms with Crippen molar-refractivity contribution in [3.8, 4) is 11.1 Å². The second-order valence-corrected chi connectivity index (χ2v) is 8.06. The van der Waals surface area contributed by atoms with Crippen LogP contribution in [-0.4, -0.2) is 11.1 Å². The number of hydrogen-bond acceptors (Lipinski definition) is 1. The maximum absolute atomic E-state index is 11.8. The van der Waals surface area contributed by atoms with E-state index in [-0.39, 0.29) is 0 Å². The van der Waals surface area contributed by atoms with E-state index in [4.69, 9.17) is 0 Å². The van der Waals surface area contributed by atoms with Gasteiger partial charge in [-0.2, -0.15) is 0 Å². The van der Waals surface area contributed by atoms with Crippen molar-refractivity contribution in [2.24, 2.45) is 5.92 Å². The van der Waals surface area contributed by atoms with Crippen molar-refractivity contribution in [1.29, 1.82) is 0 Å². The lowest BCUT2D eigenvalue weighted by molar-refractivity contribution is 0.0697. The quantitative estimate of drug-likeness (QED) is 0.570. The number of carbonyl (C=O) groups is 1. The van der Waals surface area contributed by atoms with Gasteiger partial charge in [0.25, 0.3) is 0 Å². The van der Waals surface area contributed by atoms with E-state index in [1.165, 1.54) is 49.7 Å². The Bertz CT molecular complexity index is 752. The molecular weight excluding hydrogens is 332 g/mol. The fourth-order valence-electron chi connectivity index (χ4n) is 4.57. The number of rotatable bonds is 7. The molecule has 1 fully saturated rings. The van der Waals surface area contributed by atoms with Gasteiger partial charge in [0.2, 0.25) is 0 Å². The lowest BCUT2D eigenvalue weighted by Crippen LogP contribution is -2.13. The number of carboxylic acids is 1. The van der Waals surface area contributed by atoms with Crippen molar-refractivity contribution >= 4 is 5.97 Å². The minimum atomic E-state index is -0.846. The van der Waals surface area contributed by atoms with Gasteiger partial charge in [-0.05, 0) is 72.3 Å². The van der Waals surface area contributed by atoms with Gasteiger partial charge in [0.15, 0.2) is 0 Å². The molecule has 144 valence electrons. The second-order valence-electron chi connectivity index (χ2n) is 8.06. The van der Waals surface area contributed by atoms with E-state index in [2.05, 4.69) is 44.2 Å². The molecule has 2 heteroatoms. The molecule has 1 saturated carbocycles. The highest BCUT2D eigenvalue weighted by Gasteiger charge is 2.23. The van der Waals surface area contributed by atoms with E-state index < -0.39 is 5.97 Å². The molecule has 0 atom stereocenters. The first-order valence-electron chi connectivity index (χ1n) is 10.6. The van der Waals surface area contributed by atoms with Gasteiger partial charge < -0.3 is 5.11 Å². The molecule has 1 aliphatic rings. The zero-order valence-electron chi connectivity index (χ0n) is 16.7. The van der Waals surface area contributed by atoms with Crippen molar-refractivity contribution < 1.29 is 9.90 Å². The molecule has 0 saturated heterocycles. The Kier molecular flexibility index (Phi) is 6.71. The summed E-state index contributed by atoms with van der Waals surface area (Å²) in [6, 6.07) is 14.4. The van der Waals surface area contributed by atoms with E-state index in [0.717, 1.165) is 29.9 Å². The van der Waals surface area contributed by atoms with Crippen LogP contribution in [0, 0.1) is 5.92 Å². The monoisotopic (exact) mass is 364 g/mol.